The molecular formula is C26H30IN3O3S. The monoisotopic (exact) mass is 591 g/mol. The van der Waals surface area contributed by atoms with Crippen LogP contribution < -0.4 is 5.32 Å². The quantitative estimate of drug-likeness (QED) is 0.290. The van der Waals surface area contributed by atoms with Crippen LogP contribution in [0.3, 0.4) is 0 Å². The molecule has 0 bridgehead atoms. The molecule has 8 heteroatoms. The van der Waals surface area contributed by atoms with Crippen LogP contribution in [0.1, 0.15) is 61.7 Å². The molecule has 2 aromatic heterocycles. The van der Waals surface area contributed by atoms with Gasteiger partial charge in [0, 0.05) is 32.8 Å². The summed E-state index contributed by atoms with van der Waals surface area (Å²) in [5, 5.41) is 2.89. The molecule has 0 radical (unpaired) electrons. The van der Waals surface area contributed by atoms with E-state index in [0.29, 0.717) is 17.1 Å². The molecule has 1 aromatic carbocycles. The maximum atomic E-state index is 13.0. The average molecular weight is 592 g/mol. The SMILES string of the molecule is CC(C)(C)OC(=O)[C@H](Cc1ccc(-c2ncc(I)cn2)cc1)NC(=O)c1ccc(C(C)(C)C)s1. The van der Waals surface area contributed by atoms with Gasteiger partial charge in [0.15, 0.2) is 5.82 Å². The van der Waals surface area contributed by atoms with Gasteiger partial charge in [0.2, 0.25) is 0 Å². The summed E-state index contributed by atoms with van der Waals surface area (Å²) in [7, 11) is 0. The Balaban J connectivity index is 1.79. The minimum absolute atomic E-state index is 0.0454. The van der Waals surface area contributed by atoms with Crippen LogP contribution in [-0.4, -0.2) is 33.5 Å². The van der Waals surface area contributed by atoms with Gasteiger partial charge in [-0.1, -0.05) is 45.0 Å². The van der Waals surface area contributed by atoms with E-state index in [9.17, 15) is 9.59 Å². The summed E-state index contributed by atoms with van der Waals surface area (Å²) in [5.74, 6) is -0.102. The molecule has 0 fully saturated rings. The van der Waals surface area contributed by atoms with Crippen LogP contribution in [0.2, 0.25) is 0 Å². The van der Waals surface area contributed by atoms with Gasteiger partial charge in [-0.15, -0.1) is 11.3 Å². The number of hydrogen-bond acceptors (Lipinski definition) is 6. The molecule has 2 heterocycles. The van der Waals surface area contributed by atoms with Crippen LogP contribution in [0, 0.1) is 3.57 Å². The molecule has 34 heavy (non-hydrogen) atoms. The highest BCUT2D eigenvalue weighted by molar-refractivity contribution is 14.1. The van der Waals surface area contributed by atoms with Gasteiger partial charge in [-0.05, 0) is 66.5 Å². The van der Waals surface area contributed by atoms with Crippen LogP contribution >= 0.6 is 33.9 Å². The third kappa shape index (κ3) is 7.33. The summed E-state index contributed by atoms with van der Waals surface area (Å²) in [6.45, 7) is 11.8. The Morgan fingerprint density at radius 3 is 2.15 bits per heavy atom. The third-order valence-electron chi connectivity index (χ3n) is 4.84. The van der Waals surface area contributed by atoms with Crippen molar-refractivity contribution in [3.8, 4) is 11.4 Å². The zero-order chi connectivity index (χ0) is 25.1. The Bertz CT molecular complexity index is 1140. The first-order valence-corrected chi connectivity index (χ1v) is 12.9. The zero-order valence-corrected chi connectivity index (χ0v) is 23.3. The molecule has 0 spiro atoms. The van der Waals surface area contributed by atoms with Gasteiger partial charge in [-0.3, -0.25) is 4.79 Å². The number of rotatable bonds is 6. The minimum atomic E-state index is -0.813. The number of carbonyl (C=O) groups is 2. The summed E-state index contributed by atoms with van der Waals surface area (Å²) in [4.78, 5) is 36.3. The fraction of sp³-hybridized carbons (Fsp3) is 0.385. The molecule has 1 amide bonds. The van der Waals surface area contributed by atoms with Gasteiger partial charge >= 0.3 is 5.97 Å². The van der Waals surface area contributed by atoms with Crippen molar-refractivity contribution in [3.05, 3.63) is 67.7 Å². The maximum Gasteiger partial charge on any atom is 0.329 e. The Hall–Kier alpha value is -2.33. The van der Waals surface area contributed by atoms with Crippen molar-refractivity contribution in [2.24, 2.45) is 0 Å². The number of ether oxygens (including phenoxy) is 1. The van der Waals surface area contributed by atoms with E-state index in [4.69, 9.17) is 4.74 Å². The Morgan fingerprint density at radius 2 is 1.62 bits per heavy atom. The maximum absolute atomic E-state index is 13.0. The van der Waals surface area contributed by atoms with Crippen molar-refractivity contribution < 1.29 is 14.3 Å². The number of benzene rings is 1. The van der Waals surface area contributed by atoms with Gasteiger partial charge in [0.1, 0.15) is 11.6 Å². The van der Waals surface area contributed by atoms with Gasteiger partial charge < -0.3 is 10.1 Å². The van der Waals surface area contributed by atoms with E-state index in [0.717, 1.165) is 19.6 Å². The van der Waals surface area contributed by atoms with E-state index in [1.54, 1.807) is 12.4 Å². The number of hydrogen-bond donors (Lipinski definition) is 1. The van der Waals surface area contributed by atoms with Crippen LogP contribution in [0.5, 0.6) is 0 Å². The lowest BCUT2D eigenvalue weighted by Gasteiger charge is -2.24. The van der Waals surface area contributed by atoms with E-state index in [-0.39, 0.29) is 11.3 Å². The molecular weight excluding hydrogens is 561 g/mol. The van der Waals surface area contributed by atoms with Crippen molar-refractivity contribution >= 4 is 45.8 Å². The van der Waals surface area contributed by atoms with Crippen molar-refractivity contribution in [2.45, 2.75) is 65.0 Å². The minimum Gasteiger partial charge on any atom is -0.458 e. The Labute approximate surface area is 218 Å². The number of amides is 1. The van der Waals surface area contributed by atoms with Gasteiger partial charge in [0.25, 0.3) is 5.91 Å². The molecule has 6 nitrogen and oxygen atoms in total. The number of thiophene rings is 1. The predicted molar refractivity (Wildman–Crippen MR) is 144 cm³/mol. The molecule has 3 aromatic rings. The third-order valence-corrected chi connectivity index (χ3v) is 6.90. The summed E-state index contributed by atoms with van der Waals surface area (Å²) in [6, 6.07) is 10.6. The van der Waals surface area contributed by atoms with Gasteiger partial charge in [-0.25, -0.2) is 14.8 Å². The fourth-order valence-corrected chi connectivity index (χ4v) is 4.39. The normalized spacial score (nSPS) is 12.8. The zero-order valence-electron chi connectivity index (χ0n) is 20.3. The lowest BCUT2D eigenvalue weighted by molar-refractivity contribution is -0.157. The fourth-order valence-electron chi connectivity index (χ4n) is 3.15. The van der Waals surface area contributed by atoms with Gasteiger partial charge in [0.05, 0.1) is 4.88 Å². The molecule has 180 valence electrons. The molecule has 0 saturated heterocycles. The smallest absolute Gasteiger partial charge is 0.329 e. The second-order valence-corrected chi connectivity index (χ2v) is 12.4. The molecule has 1 atom stereocenters. The molecule has 0 aliphatic carbocycles. The molecule has 1 N–H and O–H groups in total. The molecule has 0 saturated carbocycles. The topological polar surface area (TPSA) is 81.2 Å². The summed E-state index contributed by atoms with van der Waals surface area (Å²) < 4.78 is 6.57. The van der Waals surface area contributed by atoms with Gasteiger partial charge in [-0.2, -0.15) is 0 Å². The highest BCUT2D eigenvalue weighted by Gasteiger charge is 2.28. The molecule has 0 aliphatic heterocycles. The number of nitrogens with one attached hydrogen (secondary N) is 1. The second kappa shape index (κ2) is 10.5. The first-order valence-electron chi connectivity index (χ1n) is 11.0. The van der Waals surface area contributed by atoms with Crippen LogP contribution in [0.15, 0.2) is 48.8 Å². The van der Waals surface area contributed by atoms with Crippen molar-refractivity contribution in [3.63, 3.8) is 0 Å². The second-order valence-electron chi connectivity index (χ2n) is 10.1. The predicted octanol–water partition coefficient (Wildman–Crippen LogP) is 5.79. The van der Waals surface area contributed by atoms with Crippen molar-refractivity contribution in [1.29, 1.82) is 0 Å². The molecule has 0 unspecified atom stereocenters. The highest BCUT2D eigenvalue weighted by atomic mass is 127. The van der Waals surface area contributed by atoms with Crippen LogP contribution in [0.25, 0.3) is 11.4 Å². The van der Waals surface area contributed by atoms with Crippen LogP contribution in [0.4, 0.5) is 0 Å². The average Bonchev–Trinajstić information content (AvgIpc) is 3.24. The van der Waals surface area contributed by atoms with E-state index >= 15 is 0 Å². The first kappa shape index (κ1) is 26.3. The van der Waals surface area contributed by atoms with E-state index in [1.807, 2.05) is 57.2 Å². The number of halogens is 1. The van der Waals surface area contributed by atoms with E-state index in [2.05, 4.69) is 58.6 Å². The Morgan fingerprint density at radius 1 is 1.00 bits per heavy atom. The number of nitrogens with zero attached hydrogens (tertiary/aromatic N) is 2. The number of carbonyl (C=O) groups excluding carboxylic acids is 2. The van der Waals surface area contributed by atoms with Crippen molar-refractivity contribution in [1.82, 2.24) is 15.3 Å². The van der Waals surface area contributed by atoms with Crippen molar-refractivity contribution in [2.75, 3.05) is 0 Å². The molecule has 0 aliphatic rings. The van der Waals surface area contributed by atoms with E-state index < -0.39 is 17.6 Å². The lowest BCUT2D eigenvalue weighted by Crippen LogP contribution is -2.45. The number of aromatic nitrogens is 2. The molecule has 3 rings (SSSR count). The first-order chi connectivity index (χ1) is 15.8. The van der Waals surface area contributed by atoms with Crippen LogP contribution in [-0.2, 0) is 21.4 Å². The highest BCUT2D eigenvalue weighted by Crippen LogP contribution is 2.29. The summed E-state index contributed by atoms with van der Waals surface area (Å²) >= 11 is 3.61. The van der Waals surface area contributed by atoms with E-state index in [1.165, 1.54) is 11.3 Å². The Kier molecular flexibility index (Phi) is 8.13. The largest absolute Gasteiger partial charge is 0.458 e. The summed E-state index contributed by atoms with van der Waals surface area (Å²) in [6.07, 6.45) is 3.84. The summed E-state index contributed by atoms with van der Waals surface area (Å²) in [5.41, 5.74) is 1.07. The lowest BCUT2D eigenvalue weighted by atomic mass is 9.95. The standard InChI is InChI=1S/C26H30IN3O3S/c1-25(2,3)21-12-11-20(34-21)23(31)30-19(24(32)33-26(4,5)6)13-16-7-9-17(10-8-16)22-28-14-18(27)15-29-22/h7-12,14-15,19H,13H2,1-6H3,(H,30,31)/t19-/m0/s1. The number of esters is 1.